The molecular weight excluding hydrogens is 158 g/mol. The molecule has 0 spiro atoms. The zero-order valence-corrected chi connectivity index (χ0v) is 10.1. The van der Waals surface area contributed by atoms with Crippen molar-refractivity contribution in [3.63, 3.8) is 0 Å². The molecule has 2 N–H and O–H groups in total. The Labute approximate surface area is 84.1 Å². The molecule has 0 aliphatic heterocycles. The Balaban J connectivity index is 0.000000252. The summed E-state index contributed by atoms with van der Waals surface area (Å²) in [6.45, 7) is 11.1. The molecule has 80 valence electrons. The highest BCUT2D eigenvalue weighted by molar-refractivity contribution is 4.70. The van der Waals surface area contributed by atoms with Crippen molar-refractivity contribution in [2.75, 3.05) is 0 Å². The molecule has 0 amide bonds. The van der Waals surface area contributed by atoms with Crippen LogP contribution in [0.5, 0.6) is 0 Å². The van der Waals surface area contributed by atoms with Crippen LogP contribution in [0.1, 0.15) is 60.3 Å². The number of hydrogen-bond acceptors (Lipinski definition) is 1. The number of rotatable bonds is 0. The van der Waals surface area contributed by atoms with Gasteiger partial charge in [-0.2, -0.15) is 0 Å². The maximum Gasteiger partial charge on any atom is 0.00390 e. The molecule has 1 heteroatoms. The van der Waals surface area contributed by atoms with Gasteiger partial charge in [0, 0.05) is 6.04 Å². The summed E-state index contributed by atoms with van der Waals surface area (Å²) in [6.07, 6.45) is 5.20. The smallest absolute Gasteiger partial charge is 0.00390 e. The summed E-state index contributed by atoms with van der Waals surface area (Å²) < 4.78 is 0. The normalized spacial score (nSPS) is 29.1. The first kappa shape index (κ1) is 13.0. The Bertz CT molecular complexity index is 99.6. The van der Waals surface area contributed by atoms with Crippen LogP contribution in [-0.4, -0.2) is 6.04 Å². The van der Waals surface area contributed by atoms with Crippen LogP contribution < -0.4 is 5.73 Å². The van der Waals surface area contributed by atoms with E-state index in [0.29, 0.717) is 11.5 Å². The highest BCUT2D eigenvalue weighted by Crippen LogP contribution is 2.21. The monoisotopic (exact) mass is 185 g/mol. The van der Waals surface area contributed by atoms with Crippen molar-refractivity contribution in [2.45, 2.75) is 66.3 Å². The Kier molecular flexibility index (Phi) is 5.62. The van der Waals surface area contributed by atoms with Crippen LogP contribution in [-0.2, 0) is 0 Å². The van der Waals surface area contributed by atoms with Crippen LogP contribution in [0.15, 0.2) is 0 Å². The first-order chi connectivity index (χ1) is 5.79. The van der Waals surface area contributed by atoms with Crippen LogP contribution in [0.25, 0.3) is 0 Å². The van der Waals surface area contributed by atoms with Gasteiger partial charge in [0.05, 0.1) is 0 Å². The van der Waals surface area contributed by atoms with E-state index >= 15 is 0 Å². The fourth-order valence-corrected chi connectivity index (χ4v) is 1.29. The molecule has 13 heavy (non-hydrogen) atoms. The van der Waals surface area contributed by atoms with Crippen LogP contribution in [0, 0.1) is 11.3 Å². The lowest BCUT2D eigenvalue weighted by Gasteiger charge is -2.22. The van der Waals surface area contributed by atoms with Gasteiger partial charge in [0.1, 0.15) is 0 Å². The van der Waals surface area contributed by atoms with E-state index in [1.165, 1.54) is 25.7 Å². The summed E-state index contributed by atoms with van der Waals surface area (Å²) in [6, 6.07) is 0.520. The zero-order valence-electron chi connectivity index (χ0n) is 10.1. The first-order valence-electron chi connectivity index (χ1n) is 5.54. The van der Waals surface area contributed by atoms with Crippen molar-refractivity contribution in [1.29, 1.82) is 0 Å². The second-order valence-corrected chi connectivity index (χ2v) is 6.02. The molecule has 1 fully saturated rings. The standard InChI is InChI=1S/C7H15N.C5H12/c1-6-2-4-7(8)5-3-6;1-5(2,3)4/h6-7H,2-5,8H2,1H3;1-4H3. The van der Waals surface area contributed by atoms with Gasteiger partial charge in [0.15, 0.2) is 0 Å². The van der Waals surface area contributed by atoms with E-state index in [2.05, 4.69) is 34.6 Å². The molecular formula is C12H27N. The first-order valence-corrected chi connectivity index (χ1v) is 5.54. The van der Waals surface area contributed by atoms with Gasteiger partial charge in [-0.25, -0.2) is 0 Å². The van der Waals surface area contributed by atoms with Crippen molar-refractivity contribution >= 4 is 0 Å². The molecule has 0 unspecified atom stereocenters. The molecule has 1 aliphatic carbocycles. The lowest BCUT2D eigenvalue weighted by molar-refractivity contribution is 0.348. The van der Waals surface area contributed by atoms with Crippen molar-refractivity contribution < 1.29 is 0 Å². The van der Waals surface area contributed by atoms with Crippen LogP contribution in [0.3, 0.4) is 0 Å². The highest BCUT2D eigenvalue weighted by Gasteiger charge is 2.13. The Morgan fingerprint density at radius 1 is 0.923 bits per heavy atom. The molecule has 1 rings (SSSR count). The summed E-state index contributed by atoms with van der Waals surface area (Å²) in [7, 11) is 0. The van der Waals surface area contributed by atoms with E-state index in [1.54, 1.807) is 0 Å². The van der Waals surface area contributed by atoms with Gasteiger partial charge in [-0.1, -0.05) is 34.6 Å². The second-order valence-electron chi connectivity index (χ2n) is 6.02. The molecule has 0 heterocycles. The van der Waals surface area contributed by atoms with Crippen LogP contribution in [0.2, 0.25) is 0 Å². The SMILES string of the molecule is CC(C)(C)C.CC1CCC(N)CC1. The topological polar surface area (TPSA) is 26.0 Å². The van der Waals surface area contributed by atoms with E-state index in [-0.39, 0.29) is 0 Å². The van der Waals surface area contributed by atoms with Gasteiger partial charge in [-0.15, -0.1) is 0 Å². The van der Waals surface area contributed by atoms with Gasteiger partial charge >= 0.3 is 0 Å². The molecule has 0 aromatic rings. The molecule has 1 nitrogen and oxygen atoms in total. The average Bonchev–Trinajstić information content (AvgIpc) is 1.92. The van der Waals surface area contributed by atoms with Crippen molar-refractivity contribution in [3.05, 3.63) is 0 Å². The molecule has 0 atom stereocenters. The van der Waals surface area contributed by atoms with Crippen molar-refractivity contribution in [1.82, 2.24) is 0 Å². The summed E-state index contributed by atoms with van der Waals surface area (Å²) in [5.74, 6) is 0.940. The van der Waals surface area contributed by atoms with E-state index < -0.39 is 0 Å². The maximum absolute atomic E-state index is 5.70. The average molecular weight is 185 g/mol. The molecule has 0 saturated heterocycles. The molecule has 0 bridgehead atoms. The summed E-state index contributed by atoms with van der Waals surface area (Å²) >= 11 is 0. The summed E-state index contributed by atoms with van der Waals surface area (Å²) in [4.78, 5) is 0. The Hall–Kier alpha value is -0.0400. The van der Waals surface area contributed by atoms with Gasteiger partial charge in [-0.05, 0) is 37.0 Å². The largest absolute Gasteiger partial charge is 0.328 e. The van der Waals surface area contributed by atoms with E-state index in [0.717, 1.165) is 5.92 Å². The Morgan fingerprint density at radius 3 is 1.46 bits per heavy atom. The summed E-state index contributed by atoms with van der Waals surface area (Å²) in [5, 5.41) is 0. The third kappa shape index (κ3) is 12.0. The quantitative estimate of drug-likeness (QED) is 0.613. The van der Waals surface area contributed by atoms with Gasteiger partial charge in [-0.3, -0.25) is 0 Å². The number of nitrogens with two attached hydrogens (primary N) is 1. The summed E-state index contributed by atoms with van der Waals surface area (Å²) in [5.41, 5.74) is 6.20. The number of hydrogen-bond donors (Lipinski definition) is 1. The van der Waals surface area contributed by atoms with Crippen molar-refractivity contribution in [3.8, 4) is 0 Å². The van der Waals surface area contributed by atoms with Gasteiger partial charge in [0.2, 0.25) is 0 Å². The van der Waals surface area contributed by atoms with E-state index in [1.807, 2.05) is 0 Å². The minimum Gasteiger partial charge on any atom is -0.328 e. The van der Waals surface area contributed by atoms with Crippen molar-refractivity contribution in [2.24, 2.45) is 17.1 Å². The van der Waals surface area contributed by atoms with Crippen LogP contribution >= 0.6 is 0 Å². The Morgan fingerprint density at radius 2 is 1.23 bits per heavy atom. The predicted molar refractivity (Wildman–Crippen MR) is 60.7 cm³/mol. The minimum atomic E-state index is 0.500. The highest BCUT2D eigenvalue weighted by atomic mass is 14.6. The fraction of sp³-hybridized carbons (Fsp3) is 1.00. The van der Waals surface area contributed by atoms with Gasteiger partial charge < -0.3 is 5.73 Å². The predicted octanol–water partition coefficient (Wildman–Crippen LogP) is 3.58. The fourth-order valence-electron chi connectivity index (χ4n) is 1.29. The zero-order chi connectivity index (χ0) is 10.5. The molecule has 1 saturated carbocycles. The molecule has 0 radical (unpaired) electrons. The van der Waals surface area contributed by atoms with E-state index in [4.69, 9.17) is 5.73 Å². The molecule has 0 aromatic carbocycles. The lowest BCUT2D eigenvalue weighted by Crippen LogP contribution is -2.25. The molecule has 1 aliphatic rings. The van der Waals surface area contributed by atoms with E-state index in [9.17, 15) is 0 Å². The van der Waals surface area contributed by atoms with Gasteiger partial charge in [0.25, 0.3) is 0 Å². The maximum atomic E-state index is 5.70. The van der Waals surface area contributed by atoms with Crippen LogP contribution in [0.4, 0.5) is 0 Å². The minimum absolute atomic E-state index is 0.500. The second kappa shape index (κ2) is 5.64. The lowest BCUT2D eigenvalue weighted by atomic mass is 9.88. The third-order valence-electron chi connectivity index (χ3n) is 2.06. The molecule has 0 aromatic heterocycles. The third-order valence-corrected chi connectivity index (χ3v) is 2.06.